The molecule has 9 nitrogen and oxygen atoms in total. The molecule has 0 unspecified atom stereocenters. The molecule has 2 aromatic carbocycles. The van der Waals surface area contributed by atoms with Crippen LogP contribution in [0.3, 0.4) is 0 Å². The van der Waals surface area contributed by atoms with Crippen LogP contribution in [0.1, 0.15) is 18.1 Å². The summed E-state index contributed by atoms with van der Waals surface area (Å²) in [5.41, 5.74) is 2.58. The number of aromatic amines is 1. The average molecular weight is 486 g/mol. The van der Waals surface area contributed by atoms with Gasteiger partial charge in [0.05, 0.1) is 24.5 Å². The fourth-order valence-electron chi connectivity index (χ4n) is 3.85. The van der Waals surface area contributed by atoms with Crippen LogP contribution in [0.25, 0.3) is 10.9 Å². The summed E-state index contributed by atoms with van der Waals surface area (Å²) in [7, 11) is -3.72. The van der Waals surface area contributed by atoms with Crippen LogP contribution in [-0.4, -0.2) is 62.0 Å². The number of para-hydroxylation sites is 1. The Morgan fingerprint density at radius 1 is 1.18 bits per heavy atom. The van der Waals surface area contributed by atoms with Crippen LogP contribution in [0, 0.1) is 6.92 Å². The van der Waals surface area contributed by atoms with E-state index in [0.29, 0.717) is 24.5 Å². The first kappa shape index (κ1) is 23.9. The minimum Gasteiger partial charge on any atom is -0.452 e. The number of nitrogens with one attached hydrogen (secondary N) is 2. The van der Waals surface area contributed by atoms with Crippen molar-refractivity contribution in [3.8, 4) is 0 Å². The van der Waals surface area contributed by atoms with Crippen LogP contribution in [0.5, 0.6) is 0 Å². The molecule has 34 heavy (non-hydrogen) atoms. The Balaban J connectivity index is 1.41. The Hall–Kier alpha value is -3.21. The molecule has 2 N–H and O–H groups in total. The third kappa shape index (κ3) is 5.14. The van der Waals surface area contributed by atoms with Crippen molar-refractivity contribution in [1.82, 2.24) is 9.29 Å². The fraction of sp³-hybridized carbons (Fsp3) is 0.333. The molecule has 4 rings (SSSR count). The predicted octanol–water partition coefficient (Wildman–Crippen LogP) is 2.61. The molecule has 3 aromatic rings. The van der Waals surface area contributed by atoms with Gasteiger partial charge < -0.3 is 19.8 Å². The van der Waals surface area contributed by atoms with Crippen molar-refractivity contribution in [3.63, 3.8) is 0 Å². The summed E-state index contributed by atoms with van der Waals surface area (Å²) >= 11 is 0. The fourth-order valence-corrected chi connectivity index (χ4v) is 5.51. The molecular weight excluding hydrogens is 458 g/mol. The number of carbonyl (C=O) groups excluding carboxylic acids is 2. The van der Waals surface area contributed by atoms with E-state index < -0.39 is 28.0 Å². The van der Waals surface area contributed by atoms with E-state index in [2.05, 4.69) is 10.3 Å². The van der Waals surface area contributed by atoms with E-state index in [-0.39, 0.29) is 24.4 Å². The van der Waals surface area contributed by atoms with Crippen molar-refractivity contribution in [3.05, 3.63) is 59.8 Å². The number of morpholine rings is 1. The SMILES string of the molecule is Cc1ccc(NC(=O)[C@H](C)OC(=O)Cc2c[nH]c3ccccc23)cc1S(=O)(=O)N1CCOCC1. The Kier molecular flexibility index (Phi) is 7.01. The summed E-state index contributed by atoms with van der Waals surface area (Å²) in [5, 5.41) is 3.57. The van der Waals surface area contributed by atoms with E-state index in [4.69, 9.17) is 9.47 Å². The molecule has 180 valence electrons. The number of aryl methyl sites for hydroxylation is 1. The van der Waals surface area contributed by atoms with Gasteiger partial charge in [-0.2, -0.15) is 4.31 Å². The molecular formula is C24H27N3O6S. The maximum Gasteiger partial charge on any atom is 0.311 e. The third-order valence-corrected chi connectivity index (χ3v) is 7.77. The maximum atomic E-state index is 13.1. The van der Waals surface area contributed by atoms with Crippen LogP contribution in [0.2, 0.25) is 0 Å². The van der Waals surface area contributed by atoms with Crippen molar-refractivity contribution < 1.29 is 27.5 Å². The second kappa shape index (κ2) is 9.96. The summed E-state index contributed by atoms with van der Waals surface area (Å²) in [6, 6.07) is 12.3. The molecule has 0 spiro atoms. The molecule has 10 heteroatoms. The number of fused-ring (bicyclic) bond motifs is 1. The number of nitrogens with zero attached hydrogens (tertiary/aromatic N) is 1. The number of benzene rings is 2. The van der Waals surface area contributed by atoms with E-state index in [9.17, 15) is 18.0 Å². The summed E-state index contributed by atoms with van der Waals surface area (Å²) in [6.07, 6.45) is 0.714. The lowest BCUT2D eigenvalue weighted by Gasteiger charge is -2.27. The minimum atomic E-state index is -3.72. The molecule has 1 saturated heterocycles. The molecule has 1 atom stereocenters. The van der Waals surface area contributed by atoms with Gasteiger partial charge >= 0.3 is 5.97 Å². The lowest BCUT2D eigenvalue weighted by Crippen LogP contribution is -2.40. The zero-order chi connectivity index (χ0) is 24.3. The molecule has 2 heterocycles. The number of esters is 1. The number of amides is 1. The molecule has 1 fully saturated rings. The summed E-state index contributed by atoms with van der Waals surface area (Å²) in [5.74, 6) is -1.09. The number of rotatable bonds is 7. The van der Waals surface area contributed by atoms with Gasteiger partial charge in [0.15, 0.2) is 6.10 Å². The van der Waals surface area contributed by atoms with Gasteiger partial charge in [-0.15, -0.1) is 0 Å². The zero-order valence-corrected chi connectivity index (χ0v) is 19.9. The van der Waals surface area contributed by atoms with E-state index in [1.165, 1.54) is 17.3 Å². The van der Waals surface area contributed by atoms with Crippen molar-refractivity contribution in [2.75, 3.05) is 31.6 Å². The monoisotopic (exact) mass is 485 g/mol. The standard InChI is InChI=1S/C24H27N3O6S/c1-16-7-8-19(14-22(16)34(30,31)27-9-11-32-12-10-27)26-24(29)17(2)33-23(28)13-18-15-25-21-6-4-3-5-20(18)21/h3-8,14-15,17,25H,9-13H2,1-2H3,(H,26,29)/t17-/m0/s1. The number of carbonyl (C=O) groups is 2. The second-order valence-corrected chi connectivity index (χ2v) is 10.1. The lowest BCUT2D eigenvalue weighted by molar-refractivity contribution is -0.152. The van der Waals surface area contributed by atoms with Crippen LogP contribution in [0.15, 0.2) is 53.6 Å². The Morgan fingerprint density at radius 3 is 2.68 bits per heavy atom. The van der Waals surface area contributed by atoms with Crippen LogP contribution in [0.4, 0.5) is 5.69 Å². The van der Waals surface area contributed by atoms with E-state index in [1.54, 1.807) is 25.3 Å². The van der Waals surface area contributed by atoms with Gasteiger partial charge in [0.1, 0.15) is 0 Å². The highest BCUT2D eigenvalue weighted by Crippen LogP contribution is 2.25. The summed E-state index contributed by atoms with van der Waals surface area (Å²) < 4.78 is 38.0. The zero-order valence-electron chi connectivity index (χ0n) is 19.0. The number of sulfonamides is 1. The molecule has 0 aliphatic carbocycles. The third-order valence-electron chi connectivity index (χ3n) is 5.73. The van der Waals surface area contributed by atoms with Crippen molar-refractivity contribution in [2.45, 2.75) is 31.3 Å². The van der Waals surface area contributed by atoms with E-state index in [1.807, 2.05) is 24.3 Å². The minimum absolute atomic E-state index is 0.0219. The van der Waals surface area contributed by atoms with Gasteiger partial charge in [0, 0.05) is 35.9 Å². The lowest BCUT2D eigenvalue weighted by atomic mass is 10.1. The van der Waals surface area contributed by atoms with Crippen molar-refractivity contribution in [1.29, 1.82) is 0 Å². The first-order valence-corrected chi connectivity index (χ1v) is 12.4. The summed E-state index contributed by atoms with van der Waals surface area (Å²) in [4.78, 5) is 28.3. The highest BCUT2D eigenvalue weighted by Gasteiger charge is 2.28. The Morgan fingerprint density at radius 2 is 1.91 bits per heavy atom. The largest absolute Gasteiger partial charge is 0.452 e. The highest BCUT2D eigenvalue weighted by molar-refractivity contribution is 7.89. The first-order chi connectivity index (χ1) is 16.3. The van der Waals surface area contributed by atoms with Gasteiger partial charge in [-0.25, -0.2) is 8.42 Å². The van der Waals surface area contributed by atoms with E-state index in [0.717, 1.165) is 16.5 Å². The van der Waals surface area contributed by atoms with Gasteiger partial charge in [0.2, 0.25) is 10.0 Å². The first-order valence-electron chi connectivity index (χ1n) is 11.0. The molecule has 1 aliphatic heterocycles. The van der Waals surface area contributed by atoms with Crippen LogP contribution >= 0.6 is 0 Å². The van der Waals surface area contributed by atoms with Crippen molar-refractivity contribution >= 4 is 38.5 Å². The molecule has 1 amide bonds. The number of anilines is 1. The number of aromatic nitrogens is 1. The molecule has 1 aromatic heterocycles. The Bertz CT molecular complexity index is 1310. The number of hydrogen-bond acceptors (Lipinski definition) is 6. The predicted molar refractivity (Wildman–Crippen MR) is 127 cm³/mol. The average Bonchev–Trinajstić information content (AvgIpc) is 3.23. The maximum absolute atomic E-state index is 13.1. The second-order valence-electron chi connectivity index (χ2n) is 8.15. The van der Waals surface area contributed by atoms with Crippen molar-refractivity contribution in [2.24, 2.45) is 0 Å². The number of H-pyrrole nitrogens is 1. The van der Waals surface area contributed by atoms with Crippen LogP contribution < -0.4 is 5.32 Å². The number of hydrogen-bond donors (Lipinski definition) is 2. The van der Waals surface area contributed by atoms with Gasteiger partial charge in [-0.1, -0.05) is 24.3 Å². The summed E-state index contributed by atoms with van der Waals surface area (Å²) in [6.45, 7) is 4.42. The smallest absolute Gasteiger partial charge is 0.311 e. The van der Waals surface area contributed by atoms with Crippen LogP contribution in [-0.2, 0) is 35.5 Å². The van der Waals surface area contributed by atoms with Gasteiger partial charge in [-0.3, -0.25) is 9.59 Å². The highest BCUT2D eigenvalue weighted by atomic mass is 32.2. The van der Waals surface area contributed by atoms with Gasteiger partial charge in [-0.05, 0) is 43.2 Å². The normalized spacial score (nSPS) is 15.7. The molecule has 0 radical (unpaired) electrons. The Labute approximate surface area is 198 Å². The number of ether oxygens (including phenoxy) is 2. The quantitative estimate of drug-likeness (QED) is 0.497. The molecule has 0 bridgehead atoms. The van der Waals surface area contributed by atoms with E-state index >= 15 is 0 Å². The van der Waals surface area contributed by atoms with Gasteiger partial charge in [0.25, 0.3) is 5.91 Å². The topological polar surface area (TPSA) is 118 Å². The molecule has 0 saturated carbocycles. The molecule has 1 aliphatic rings.